The molecule has 0 aliphatic carbocycles. The fraction of sp³-hybridized carbons (Fsp3) is 0.118. The monoisotopic (exact) mass is 404 g/mol. The molecule has 0 unspecified atom stereocenters. The Morgan fingerprint density at radius 3 is 2.71 bits per heavy atom. The summed E-state index contributed by atoms with van der Waals surface area (Å²) >= 11 is 9.38. The highest BCUT2D eigenvalue weighted by molar-refractivity contribution is 9.10. The summed E-state index contributed by atoms with van der Waals surface area (Å²) in [4.78, 5) is 12.4. The van der Waals surface area contributed by atoms with Gasteiger partial charge in [0.25, 0.3) is 5.91 Å². The van der Waals surface area contributed by atoms with Gasteiger partial charge in [0.05, 0.1) is 11.4 Å². The summed E-state index contributed by atoms with van der Waals surface area (Å²) in [6.45, 7) is 2.23. The summed E-state index contributed by atoms with van der Waals surface area (Å²) in [5, 5.41) is 11.5. The van der Waals surface area contributed by atoms with Gasteiger partial charge in [0.15, 0.2) is 5.69 Å². The van der Waals surface area contributed by atoms with E-state index in [0.29, 0.717) is 23.0 Å². The van der Waals surface area contributed by atoms with E-state index in [-0.39, 0.29) is 5.91 Å². The Hall–Kier alpha value is -2.18. The maximum atomic E-state index is 12.4. The molecule has 7 heteroatoms. The number of nitrogens with zero attached hydrogens (tertiary/aromatic N) is 3. The minimum absolute atomic E-state index is 0.260. The van der Waals surface area contributed by atoms with Crippen LogP contribution in [-0.2, 0) is 6.54 Å². The number of amides is 1. The smallest absolute Gasteiger partial charge is 0.274 e. The Morgan fingerprint density at radius 2 is 2.00 bits per heavy atom. The SMILES string of the molecule is Cc1c(C(=O)NCc2ccc(Br)cc2)nnn1-c1cccc(Cl)c1. The zero-order valence-corrected chi connectivity index (χ0v) is 15.2. The lowest BCUT2D eigenvalue weighted by molar-refractivity contribution is 0.0945. The number of aromatic nitrogens is 3. The summed E-state index contributed by atoms with van der Waals surface area (Å²) < 4.78 is 2.60. The summed E-state index contributed by atoms with van der Waals surface area (Å²) in [5.41, 5.74) is 2.73. The fourth-order valence-corrected chi connectivity index (χ4v) is 2.71. The van der Waals surface area contributed by atoms with Crippen molar-refractivity contribution in [3.05, 3.63) is 75.0 Å². The normalized spacial score (nSPS) is 10.6. The van der Waals surface area contributed by atoms with Crippen molar-refractivity contribution in [3.8, 4) is 5.69 Å². The van der Waals surface area contributed by atoms with Crippen LogP contribution in [0.4, 0.5) is 0 Å². The van der Waals surface area contributed by atoms with Crippen LogP contribution in [-0.4, -0.2) is 20.9 Å². The van der Waals surface area contributed by atoms with Crippen molar-refractivity contribution in [2.24, 2.45) is 0 Å². The molecule has 0 saturated carbocycles. The molecule has 0 aliphatic heterocycles. The number of benzene rings is 2. The zero-order chi connectivity index (χ0) is 17.1. The van der Waals surface area contributed by atoms with Crippen LogP contribution in [0.5, 0.6) is 0 Å². The van der Waals surface area contributed by atoms with Crippen LogP contribution in [0.1, 0.15) is 21.7 Å². The Bertz CT molecular complexity index is 877. The lowest BCUT2D eigenvalue weighted by Gasteiger charge is -2.06. The number of rotatable bonds is 4. The van der Waals surface area contributed by atoms with E-state index in [1.165, 1.54) is 0 Å². The highest BCUT2D eigenvalue weighted by Gasteiger charge is 2.17. The standard InChI is InChI=1S/C17H14BrClN4O/c1-11-16(17(24)20-10-12-5-7-13(18)8-6-12)21-22-23(11)15-4-2-3-14(19)9-15/h2-9H,10H2,1H3,(H,20,24). The van der Waals surface area contributed by atoms with Crippen molar-refractivity contribution in [1.82, 2.24) is 20.3 Å². The third kappa shape index (κ3) is 3.66. The maximum absolute atomic E-state index is 12.4. The number of hydrogen-bond acceptors (Lipinski definition) is 3. The molecular weight excluding hydrogens is 392 g/mol. The predicted octanol–water partition coefficient (Wildman–Crippen LogP) is 3.92. The topological polar surface area (TPSA) is 59.8 Å². The average Bonchev–Trinajstić information content (AvgIpc) is 2.96. The average molecular weight is 406 g/mol. The molecule has 0 bridgehead atoms. The first-order valence-corrected chi connectivity index (χ1v) is 8.42. The van der Waals surface area contributed by atoms with Crippen molar-refractivity contribution in [3.63, 3.8) is 0 Å². The fourth-order valence-electron chi connectivity index (χ4n) is 2.26. The van der Waals surface area contributed by atoms with E-state index >= 15 is 0 Å². The van der Waals surface area contributed by atoms with Gasteiger partial charge in [-0.15, -0.1) is 5.10 Å². The maximum Gasteiger partial charge on any atom is 0.274 e. The van der Waals surface area contributed by atoms with Crippen molar-refractivity contribution in [2.75, 3.05) is 0 Å². The van der Waals surface area contributed by atoms with E-state index in [1.807, 2.05) is 36.4 Å². The Labute approximate surface area is 152 Å². The van der Waals surface area contributed by atoms with Gasteiger partial charge in [-0.1, -0.05) is 50.9 Å². The molecule has 3 rings (SSSR count). The largest absolute Gasteiger partial charge is 0.347 e. The van der Waals surface area contributed by atoms with E-state index in [9.17, 15) is 4.79 Å². The molecular formula is C17H14BrClN4O. The van der Waals surface area contributed by atoms with Crippen LogP contribution in [0.25, 0.3) is 5.69 Å². The summed E-state index contributed by atoms with van der Waals surface area (Å²) in [7, 11) is 0. The van der Waals surface area contributed by atoms with Crippen molar-refractivity contribution in [2.45, 2.75) is 13.5 Å². The first-order chi connectivity index (χ1) is 11.5. The first-order valence-electron chi connectivity index (χ1n) is 7.25. The molecule has 1 N–H and O–H groups in total. The van der Waals surface area contributed by atoms with Crippen LogP contribution >= 0.6 is 27.5 Å². The number of nitrogens with one attached hydrogen (secondary N) is 1. The number of hydrogen-bond donors (Lipinski definition) is 1. The second kappa shape index (κ2) is 7.15. The summed E-state index contributed by atoms with van der Waals surface area (Å²) in [6, 6.07) is 15.0. The third-order valence-electron chi connectivity index (χ3n) is 3.53. The Balaban J connectivity index is 1.75. The molecule has 0 fully saturated rings. The highest BCUT2D eigenvalue weighted by Crippen LogP contribution is 2.17. The van der Waals surface area contributed by atoms with Gasteiger partial charge in [-0.3, -0.25) is 4.79 Å². The number of carbonyl (C=O) groups is 1. The van der Waals surface area contributed by atoms with Gasteiger partial charge in [0.2, 0.25) is 0 Å². The van der Waals surface area contributed by atoms with Crippen LogP contribution in [0.3, 0.4) is 0 Å². The molecule has 1 amide bonds. The lowest BCUT2D eigenvalue weighted by Crippen LogP contribution is -2.24. The molecule has 0 spiro atoms. The Morgan fingerprint density at radius 1 is 1.25 bits per heavy atom. The molecule has 0 radical (unpaired) electrons. The van der Waals surface area contributed by atoms with E-state index in [0.717, 1.165) is 15.7 Å². The van der Waals surface area contributed by atoms with Gasteiger partial charge in [0.1, 0.15) is 0 Å². The van der Waals surface area contributed by atoms with E-state index in [4.69, 9.17) is 11.6 Å². The minimum atomic E-state index is -0.260. The molecule has 5 nitrogen and oxygen atoms in total. The first kappa shape index (κ1) is 16.7. The quantitative estimate of drug-likeness (QED) is 0.715. The molecule has 1 aromatic heterocycles. The highest BCUT2D eigenvalue weighted by atomic mass is 79.9. The van der Waals surface area contributed by atoms with Crippen molar-refractivity contribution < 1.29 is 4.79 Å². The minimum Gasteiger partial charge on any atom is -0.347 e. The number of halogens is 2. The van der Waals surface area contributed by atoms with Crippen molar-refractivity contribution >= 4 is 33.4 Å². The molecule has 122 valence electrons. The van der Waals surface area contributed by atoms with Crippen LogP contribution in [0.2, 0.25) is 5.02 Å². The molecule has 0 saturated heterocycles. The zero-order valence-electron chi connectivity index (χ0n) is 12.8. The van der Waals surface area contributed by atoms with Gasteiger partial charge >= 0.3 is 0 Å². The second-order valence-electron chi connectivity index (χ2n) is 5.22. The number of carbonyl (C=O) groups excluding carboxylic acids is 1. The molecule has 0 atom stereocenters. The molecule has 2 aromatic carbocycles. The molecule has 24 heavy (non-hydrogen) atoms. The van der Waals surface area contributed by atoms with E-state index in [1.54, 1.807) is 23.7 Å². The predicted molar refractivity (Wildman–Crippen MR) is 96.4 cm³/mol. The van der Waals surface area contributed by atoms with Gasteiger partial charge in [-0.2, -0.15) is 0 Å². The molecule has 0 aliphatic rings. The van der Waals surface area contributed by atoms with Crippen LogP contribution < -0.4 is 5.32 Å². The second-order valence-corrected chi connectivity index (χ2v) is 6.58. The van der Waals surface area contributed by atoms with Gasteiger partial charge in [-0.25, -0.2) is 4.68 Å². The molecule has 1 heterocycles. The van der Waals surface area contributed by atoms with Gasteiger partial charge in [0, 0.05) is 16.0 Å². The van der Waals surface area contributed by atoms with E-state index in [2.05, 4.69) is 31.6 Å². The lowest BCUT2D eigenvalue weighted by atomic mass is 10.2. The van der Waals surface area contributed by atoms with Crippen LogP contribution in [0, 0.1) is 6.92 Å². The van der Waals surface area contributed by atoms with Gasteiger partial charge < -0.3 is 5.32 Å². The Kier molecular flexibility index (Phi) is 4.97. The van der Waals surface area contributed by atoms with Crippen molar-refractivity contribution in [1.29, 1.82) is 0 Å². The molecule has 3 aromatic rings. The third-order valence-corrected chi connectivity index (χ3v) is 4.29. The van der Waals surface area contributed by atoms with Gasteiger partial charge in [-0.05, 0) is 42.8 Å². The summed E-state index contributed by atoms with van der Waals surface area (Å²) in [5.74, 6) is -0.260. The van der Waals surface area contributed by atoms with Crippen LogP contribution in [0.15, 0.2) is 53.0 Å². The van der Waals surface area contributed by atoms with E-state index < -0.39 is 0 Å². The summed E-state index contributed by atoms with van der Waals surface area (Å²) in [6.07, 6.45) is 0.